The van der Waals surface area contributed by atoms with Crippen molar-refractivity contribution in [3.8, 4) is 11.8 Å². The van der Waals surface area contributed by atoms with E-state index in [0.29, 0.717) is 0 Å². The number of rotatable bonds is 7. The molecule has 2 aromatic rings. The van der Waals surface area contributed by atoms with Gasteiger partial charge in [0.05, 0.1) is 21.7 Å². The van der Waals surface area contributed by atoms with Gasteiger partial charge in [-0.3, -0.25) is 14.9 Å². The van der Waals surface area contributed by atoms with Crippen LogP contribution in [0.3, 0.4) is 0 Å². The van der Waals surface area contributed by atoms with E-state index >= 15 is 0 Å². The number of anilines is 1. The van der Waals surface area contributed by atoms with Crippen LogP contribution in [0.15, 0.2) is 42.5 Å². The van der Waals surface area contributed by atoms with E-state index in [1.54, 1.807) is 6.07 Å². The monoisotopic (exact) mass is 391 g/mol. The van der Waals surface area contributed by atoms with Gasteiger partial charge >= 0.3 is 12.6 Å². The molecule has 1 amide bonds. The third-order valence-electron chi connectivity index (χ3n) is 3.24. The fraction of sp³-hybridized carbons (Fsp3) is 0.118. The molecule has 0 heterocycles. The Morgan fingerprint density at radius 1 is 1.25 bits per heavy atom. The highest BCUT2D eigenvalue weighted by Crippen LogP contribution is 2.21. The number of hydrogen-bond donors (Lipinski definition) is 1. The zero-order chi connectivity index (χ0) is 20.7. The van der Waals surface area contributed by atoms with E-state index in [4.69, 9.17) is 10.00 Å². The number of ether oxygens (including phenoxy) is 2. The highest BCUT2D eigenvalue weighted by molar-refractivity contribution is 5.96. The smallest absolute Gasteiger partial charge is 0.387 e. The predicted molar refractivity (Wildman–Crippen MR) is 89.8 cm³/mol. The minimum atomic E-state index is -3.06. The van der Waals surface area contributed by atoms with Crippen molar-refractivity contribution in [1.29, 1.82) is 5.26 Å². The Bertz CT molecular complexity index is 958. The van der Waals surface area contributed by atoms with Gasteiger partial charge in [-0.25, -0.2) is 4.79 Å². The van der Waals surface area contributed by atoms with Crippen LogP contribution in [0, 0.1) is 21.4 Å². The molecule has 0 unspecified atom stereocenters. The van der Waals surface area contributed by atoms with Gasteiger partial charge in [0.25, 0.3) is 11.6 Å². The molecule has 28 heavy (non-hydrogen) atoms. The van der Waals surface area contributed by atoms with Gasteiger partial charge in [-0.1, -0.05) is 6.07 Å². The van der Waals surface area contributed by atoms with E-state index in [0.717, 1.165) is 18.2 Å². The molecule has 144 valence electrons. The Hall–Kier alpha value is -4.07. The maximum atomic E-state index is 12.2. The van der Waals surface area contributed by atoms with Crippen LogP contribution in [-0.2, 0) is 9.53 Å². The van der Waals surface area contributed by atoms with Gasteiger partial charge in [0.2, 0.25) is 0 Å². The van der Waals surface area contributed by atoms with Crippen LogP contribution in [0.4, 0.5) is 20.2 Å². The minimum Gasteiger partial charge on any atom is -0.452 e. The summed E-state index contributed by atoms with van der Waals surface area (Å²) in [6.07, 6.45) is 0. The van der Waals surface area contributed by atoms with Crippen LogP contribution < -0.4 is 10.1 Å². The van der Waals surface area contributed by atoms with E-state index in [9.17, 15) is 28.5 Å². The predicted octanol–water partition coefficient (Wildman–Crippen LogP) is 2.86. The topological polar surface area (TPSA) is 132 Å². The van der Waals surface area contributed by atoms with Crippen LogP contribution >= 0.6 is 0 Å². The van der Waals surface area contributed by atoms with Crippen LogP contribution in [0.5, 0.6) is 5.75 Å². The first-order chi connectivity index (χ1) is 13.3. The Morgan fingerprint density at radius 3 is 2.64 bits per heavy atom. The number of non-ortho nitro benzene ring substituents is 1. The summed E-state index contributed by atoms with van der Waals surface area (Å²) in [6.45, 7) is -3.80. The number of hydrogen-bond acceptors (Lipinski definition) is 7. The van der Waals surface area contributed by atoms with Crippen molar-refractivity contribution in [2.24, 2.45) is 0 Å². The number of halogens is 2. The molecule has 0 fully saturated rings. The van der Waals surface area contributed by atoms with Crippen LogP contribution in [0.1, 0.15) is 15.9 Å². The van der Waals surface area contributed by atoms with E-state index < -0.39 is 30.0 Å². The summed E-state index contributed by atoms with van der Waals surface area (Å²) in [7, 11) is 0. The average molecular weight is 391 g/mol. The molecule has 0 saturated heterocycles. The molecule has 2 rings (SSSR count). The first-order valence-electron chi connectivity index (χ1n) is 7.50. The van der Waals surface area contributed by atoms with Crippen LogP contribution in [0.25, 0.3) is 0 Å². The number of alkyl halides is 2. The maximum absolute atomic E-state index is 12.2. The van der Waals surface area contributed by atoms with Crippen molar-refractivity contribution >= 4 is 23.3 Å². The number of benzene rings is 2. The lowest BCUT2D eigenvalue weighted by atomic mass is 10.1. The van der Waals surface area contributed by atoms with Crippen LogP contribution in [-0.4, -0.2) is 30.0 Å². The Labute approximate surface area is 156 Å². The number of carbonyl (C=O) groups is 2. The molecular weight excluding hydrogens is 380 g/mol. The fourth-order valence-corrected chi connectivity index (χ4v) is 2.05. The summed E-state index contributed by atoms with van der Waals surface area (Å²) in [5.74, 6) is -2.02. The fourth-order valence-electron chi connectivity index (χ4n) is 2.05. The maximum Gasteiger partial charge on any atom is 0.387 e. The van der Waals surface area contributed by atoms with E-state index in [1.165, 1.54) is 24.3 Å². The summed E-state index contributed by atoms with van der Waals surface area (Å²) in [5.41, 5.74) is -0.585. The van der Waals surface area contributed by atoms with Gasteiger partial charge in [0.15, 0.2) is 6.61 Å². The van der Waals surface area contributed by atoms with Gasteiger partial charge in [0.1, 0.15) is 11.8 Å². The molecule has 0 aliphatic heterocycles. The van der Waals surface area contributed by atoms with E-state index in [-0.39, 0.29) is 28.3 Å². The molecule has 0 aliphatic rings. The van der Waals surface area contributed by atoms with E-state index in [1.807, 2.05) is 0 Å². The molecule has 1 N–H and O–H groups in total. The second kappa shape index (κ2) is 9.04. The zero-order valence-corrected chi connectivity index (χ0v) is 13.9. The molecule has 11 heteroatoms. The summed E-state index contributed by atoms with van der Waals surface area (Å²) in [6, 6.07) is 9.77. The lowest BCUT2D eigenvalue weighted by Crippen LogP contribution is -2.21. The summed E-state index contributed by atoms with van der Waals surface area (Å²) in [5, 5.41) is 22.0. The average Bonchev–Trinajstić information content (AvgIpc) is 2.65. The molecule has 0 saturated carbocycles. The normalized spacial score (nSPS) is 10.1. The number of nitrogens with one attached hydrogen (secondary N) is 1. The molecule has 0 bridgehead atoms. The first-order valence-corrected chi connectivity index (χ1v) is 7.50. The number of nitriles is 1. The summed E-state index contributed by atoms with van der Waals surface area (Å²) < 4.78 is 33.3. The Kier molecular flexibility index (Phi) is 6.53. The second-order valence-electron chi connectivity index (χ2n) is 5.13. The molecule has 0 atom stereocenters. The number of esters is 1. The van der Waals surface area contributed by atoms with Crippen molar-refractivity contribution in [2.75, 3.05) is 11.9 Å². The summed E-state index contributed by atoms with van der Waals surface area (Å²) in [4.78, 5) is 33.8. The molecule has 2 aromatic carbocycles. The number of carbonyl (C=O) groups excluding carboxylic acids is 2. The lowest BCUT2D eigenvalue weighted by Gasteiger charge is -2.09. The third kappa shape index (κ3) is 5.46. The SMILES string of the molecule is N#Cc1cc([N+](=O)[O-])ccc1NC(=O)COC(=O)c1cccc(OC(F)F)c1. The molecule has 0 spiro atoms. The number of nitro benzene ring substituents is 1. The Morgan fingerprint density at radius 2 is 2.00 bits per heavy atom. The van der Waals surface area contributed by atoms with Gasteiger partial charge < -0.3 is 14.8 Å². The lowest BCUT2D eigenvalue weighted by molar-refractivity contribution is -0.384. The van der Waals surface area contributed by atoms with Crippen LogP contribution in [0.2, 0.25) is 0 Å². The second-order valence-corrected chi connectivity index (χ2v) is 5.13. The van der Waals surface area contributed by atoms with Crippen molar-refractivity contribution in [3.05, 3.63) is 63.7 Å². The summed E-state index contributed by atoms with van der Waals surface area (Å²) >= 11 is 0. The van der Waals surface area contributed by atoms with Gasteiger partial charge in [0, 0.05) is 12.1 Å². The molecule has 9 nitrogen and oxygen atoms in total. The van der Waals surface area contributed by atoms with Crippen molar-refractivity contribution in [1.82, 2.24) is 0 Å². The van der Waals surface area contributed by atoms with Crippen molar-refractivity contribution < 1.29 is 32.8 Å². The quantitative estimate of drug-likeness (QED) is 0.436. The molecule has 0 radical (unpaired) electrons. The third-order valence-corrected chi connectivity index (χ3v) is 3.24. The minimum absolute atomic E-state index is 0.00137. The Balaban J connectivity index is 1.98. The molecule has 0 aliphatic carbocycles. The molecular formula is C17H11F2N3O6. The number of nitrogens with zero attached hydrogens (tertiary/aromatic N) is 2. The van der Waals surface area contributed by atoms with Gasteiger partial charge in [-0.2, -0.15) is 14.0 Å². The van der Waals surface area contributed by atoms with E-state index in [2.05, 4.69) is 10.1 Å². The highest BCUT2D eigenvalue weighted by atomic mass is 19.3. The first kappa shape index (κ1) is 20.2. The van der Waals surface area contributed by atoms with Crippen molar-refractivity contribution in [3.63, 3.8) is 0 Å². The molecule has 0 aromatic heterocycles. The van der Waals surface area contributed by atoms with Gasteiger partial charge in [-0.05, 0) is 24.3 Å². The van der Waals surface area contributed by atoms with Crippen molar-refractivity contribution in [2.45, 2.75) is 6.61 Å². The largest absolute Gasteiger partial charge is 0.452 e. The standard InChI is InChI=1S/C17H11F2N3O6/c18-17(19)28-13-3-1-2-10(7-13)16(24)27-9-15(23)21-14-5-4-12(22(25)26)6-11(14)8-20/h1-7,17H,9H2,(H,21,23). The zero-order valence-electron chi connectivity index (χ0n) is 13.9. The number of nitro groups is 1. The number of amides is 1. The van der Waals surface area contributed by atoms with Gasteiger partial charge in [-0.15, -0.1) is 0 Å². The highest BCUT2D eigenvalue weighted by Gasteiger charge is 2.15.